The van der Waals surface area contributed by atoms with Gasteiger partial charge in [0.1, 0.15) is 0 Å². The molecule has 0 atom stereocenters. The van der Waals surface area contributed by atoms with E-state index in [4.69, 9.17) is 24.9 Å². The number of rotatable bonds is 7. The molecule has 0 aliphatic rings. The minimum absolute atomic E-state index is 0.617. The molecule has 0 unspecified atom stereocenters. The van der Waals surface area contributed by atoms with Crippen LogP contribution in [0.1, 0.15) is 0 Å². The van der Waals surface area contributed by atoms with E-state index in [-0.39, 0.29) is 0 Å². The molecule has 10 aromatic rings. The Morgan fingerprint density at radius 3 is 1.34 bits per heavy atom. The molecule has 8 aromatic carbocycles. The lowest BCUT2D eigenvalue weighted by molar-refractivity contribution is 1.07. The van der Waals surface area contributed by atoms with Gasteiger partial charge in [-0.1, -0.05) is 182 Å². The fourth-order valence-electron chi connectivity index (χ4n) is 7.32. The Balaban J connectivity index is 1.12. The van der Waals surface area contributed by atoms with Gasteiger partial charge < -0.3 is 0 Å². The highest BCUT2D eigenvalue weighted by atomic mass is 15.0. The van der Waals surface area contributed by atoms with E-state index >= 15 is 0 Å². The zero-order chi connectivity index (χ0) is 37.3. The van der Waals surface area contributed by atoms with Crippen molar-refractivity contribution in [3.8, 4) is 79.2 Å². The van der Waals surface area contributed by atoms with Crippen molar-refractivity contribution in [2.24, 2.45) is 0 Å². The van der Waals surface area contributed by atoms with Crippen molar-refractivity contribution in [3.05, 3.63) is 200 Å². The van der Waals surface area contributed by atoms with Crippen LogP contribution in [-0.4, -0.2) is 24.9 Å². The summed E-state index contributed by atoms with van der Waals surface area (Å²) in [4.78, 5) is 25.4. The quantitative estimate of drug-likeness (QED) is 0.164. The minimum atomic E-state index is 0.617. The van der Waals surface area contributed by atoms with Crippen molar-refractivity contribution < 1.29 is 0 Å². The normalized spacial score (nSPS) is 11.2. The first-order valence-electron chi connectivity index (χ1n) is 18.7. The number of hydrogen-bond donors (Lipinski definition) is 0. The van der Waals surface area contributed by atoms with Crippen molar-refractivity contribution in [2.45, 2.75) is 0 Å². The summed E-state index contributed by atoms with van der Waals surface area (Å²) >= 11 is 0. The number of benzene rings is 8. The van der Waals surface area contributed by atoms with E-state index in [1.807, 2.05) is 78.9 Å². The number of aromatic nitrogens is 5. The second-order valence-corrected chi connectivity index (χ2v) is 13.7. The Labute approximate surface area is 324 Å². The Bertz CT molecular complexity index is 2940. The lowest BCUT2D eigenvalue weighted by atomic mass is 9.92. The predicted molar refractivity (Wildman–Crippen MR) is 228 cm³/mol. The van der Waals surface area contributed by atoms with Crippen molar-refractivity contribution >= 4 is 21.5 Å². The molecule has 262 valence electrons. The Morgan fingerprint density at radius 2 is 0.696 bits per heavy atom. The summed E-state index contributed by atoms with van der Waals surface area (Å²) in [6, 6.07) is 68.8. The van der Waals surface area contributed by atoms with Crippen LogP contribution >= 0.6 is 0 Å². The van der Waals surface area contributed by atoms with Crippen LogP contribution in [-0.2, 0) is 0 Å². The second-order valence-electron chi connectivity index (χ2n) is 13.7. The average molecular weight is 716 g/mol. The van der Waals surface area contributed by atoms with Gasteiger partial charge in [0.15, 0.2) is 23.3 Å². The van der Waals surface area contributed by atoms with E-state index < -0.39 is 0 Å². The third-order valence-corrected chi connectivity index (χ3v) is 10.1. The molecule has 0 radical (unpaired) electrons. The van der Waals surface area contributed by atoms with Crippen LogP contribution < -0.4 is 0 Å². The minimum Gasteiger partial charge on any atom is -0.228 e. The van der Waals surface area contributed by atoms with Crippen LogP contribution in [0.15, 0.2) is 200 Å². The van der Waals surface area contributed by atoms with Gasteiger partial charge in [-0.2, -0.15) is 0 Å². The molecule has 5 nitrogen and oxygen atoms in total. The summed E-state index contributed by atoms with van der Waals surface area (Å²) in [6.07, 6.45) is 0. The van der Waals surface area contributed by atoms with Gasteiger partial charge in [0.25, 0.3) is 0 Å². The Hall–Kier alpha value is -7.63. The molecule has 0 aliphatic heterocycles. The molecule has 0 aliphatic carbocycles. The highest BCUT2D eigenvalue weighted by Gasteiger charge is 2.19. The third kappa shape index (κ3) is 6.37. The topological polar surface area (TPSA) is 64.5 Å². The molecule has 2 heterocycles. The average Bonchev–Trinajstić information content (AvgIpc) is 3.29. The molecular weight excluding hydrogens is 683 g/mol. The molecular formula is C51H33N5. The summed E-state index contributed by atoms with van der Waals surface area (Å²) in [5.41, 5.74) is 9.64. The van der Waals surface area contributed by atoms with E-state index in [0.29, 0.717) is 23.3 Å². The molecule has 5 heteroatoms. The van der Waals surface area contributed by atoms with Crippen molar-refractivity contribution in [1.29, 1.82) is 0 Å². The smallest absolute Gasteiger partial charge is 0.164 e. The first-order valence-corrected chi connectivity index (χ1v) is 18.7. The van der Waals surface area contributed by atoms with Crippen molar-refractivity contribution in [3.63, 3.8) is 0 Å². The summed E-state index contributed by atoms with van der Waals surface area (Å²) < 4.78 is 0. The summed E-state index contributed by atoms with van der Waals surface area (Å²) in [7, 11) is 0. The van der Waals surface area contributed by atoms with Gasteiger partial charge in [-0.3, -0.25) is 0 Å². The fraction of sp³-hybridized carbons (Fsp3) is 0. The van der Waals surface area contributed by atoms with Crippen LogP contribution in [0.2, 0.25) is 0 Å². The van der Waals surface area contributed by atoms with E-state index in [1.54, 1.807) is 0 Å². The first-order chi connectivity index (χ1) is 27.7. The molecule has 0 spiro atoms. The third-order valence-electron chi connectivity index (χ3n) is 10.1. The Kier molecular flexibility index (Phi) is 8.43. The first kappa shape index (κ1) is 33.0. The molecule has 0 saturated carbocycles. The SMILES string of the molecule is c1ccc(-c2cc(-c3ccc(-c4c(-c5nc(-c6ccccc6)nc(-c6ccccc6)n5)ccc5ccccc45)cc3)nc(-c3ccc4ccccc4c3)n2)cc1. The monoisotopic (exact) mass is 715 g/mol. The zero-order valence-electron chi connectivity index (χ0n) is 30.3. The predicted octanol–water partition coefficient (Wildman–Crippen LogP) is 12.6. The zero-order valence-corrected chi connectivity index (χ0v) is 30.3. The van der Waals surface area contributed by atoms with E-state index in [9.17, 15) is 0 Å². The highest BCUT2D eigenvalue weighted by Crippen LogP contribution is 2.39. The van der Waals surface area contributed by atoms with Gasteiger partial charge in [0.05, 0.1) is 11.4 Å². The van der Waals surface area contributed by atoms with E-state index in [1.165, 1.54) is 5.39 Å². The maximum Gasteiger partial charge on any atom is 0.164 e. The summed E-state index contributed by atoms with van der Waals surface area (Å²) in [5.74, 6) is 2.56. The molecule has 10 rings (SSSR count). The number of nitrogens with zero attached hydrogens (tertiary/aromatic N) is 5. The molecule has 56 heavy (non-hydrogen) atoms. The van der Waals surface area contributed by atoms with Gasteiger partial charge >= 0.3 is 0 Å². The van der Waals surface area contributed by atoms with Gasteiger partial charge in [-0.15, -0.1) is 0 Å². The van der Waals surface area contributed by atoms with Gasteiger partial charge in [0.2, 0.25) is 0 Å². The largest absolute Gasteiger partial charge is 0.228 e. The molecule has 2 aromatic heterocycles. The maximum absolute atomic E-state index is 5.16. The summed E-state index contributed by atoms with van der Waals surface area (Å²) in [5, 5.41) is 4.59. The molecule has 0 bridgehead atoms. The Morgan fingerprint density at radius 1 is 0.250 bits per heavy atom. The van der Waals surface area contributed by atoms with E-state index in [2.05, 4.69) is 121 Å². The van der Waals surface area contributed by atoms with Gasteiger partial charge in [0, 0.05) is 38.9 Å². The summed E-state index contributed by atoms with van der Waals surface area (Å²) in [6.45, 7) is 0. The maximum atomic E-state index is 5.16. The van der Waals surface area contributed by atoms with Crippen molar-refractivity contribution in [1.82, 2.24) is 24.9 Å². The van der Waals surface area contributed by atoms with Crippen LogP contribution in [0.3, 0.4) is 0 Å². The number of fused-ring (bicyclic) bond motifs is 2. The fourth-order valence-corrected chi connectivity index (χ4v) is 7.32. The van der Waals surface area contributed by atoms with Crippen LogP contribution in [0.4, 0.5) is 0 Å². The molecule has 0 amide bonds. The van der Waals surface area contributed by atoms with Crippen molar-refractivity contribution in [2.75, 3.05) is 0 Å². The lowest BCUT2D eigenvalue weighted by Gasteiger charge is -2.15. The van der Waals surface area contributed by atoms with Gasteiger partial charge in [-0.25, -0.2) is 24.9 Å². The molecule has 0 fully saturated rings. The van der Waals surface area contributed by atoms with E-state index in [0.717, 1.165) is 72.1 Å². The highest BCUT2D eigenvalue weighted by molar-refractivity contribution is 6.03. The molecule has 0 saturated heterocycles. The lowest BCUT2D eigenvalue weighted by Crippen LogP contribution is -2.01. The van der Waals surface area contributed by atoms with Crippen LogP contribution in [0.25, 0.3) is 101 Å². The standard InChI is InChI=1S/C51H33N5/c1-4-16-36(17-5-1)45-33-46(53-50(52-45)42-29-24-34-14-10-11-22-41(34)32-42)37-25-27-38(28-26-37)47-43-23-13-12-15-35(43)30-31-44(47)51-55-48(39-18-6-2-7-19-39)54-49(56-51)40-20-8-3-9-21-40/h1-33H. The molecule has 0 N–H and O–H groups in total. The second kappa shape index (κ2) is 14.3. The number of hydrogen-bond acceptors (Lipinski definition) is 5. The van der Waals surface area contributed by atoms with Gasteiger partial charge in [-0.05, 0) is 45.3 Å². The van der Waals surface area contributed by atoms with Crippen LogP contribution in [0, 0.1) is 0 Å². The van der Waals surface area contributed by atoms with Crippen LogP contribution in [0.5, 0.6) is 0 Å².